The Bertz CT molecular complexity index is 668. The molecule has 0 radical (unpaired) electrons. The first-order valence-corrected chi connectivity index (χ1v) is 8.10. The van der Waals surface area contributed by atoms with Gasteiger partial charge in [0.15, 0.2) is 6.61 Å². The first-order chi connectivity index (χ1) is 11.1. The summed E-state index contributed by atoms with van der Waals surface area (Å²) in [5, 5.41) is 0.900. The van der Waals surface area contributed by atoms with Crippen LogP contribution in [0.1, 0.15) is 5.82 Å². The molecular weight excluding hydrogens is 319 g/mol. The Morgan fingerprint density at radius 3 is 2.57 bits per heavy atom. The molecule has 8 heteroatoms. The highest BCUT2D eigenvalue weighted by Crippen LogP contribution is 2.18. The lowest BCUT2D eigenvalue weighted by atomic mass is 10.3. The summed E-state index contributed by atoms with van der Waals surface area (Å²) in [5.41, 5.74) is 0. The Kier molecular flexibility index (Phi) is 4.71. The third kappa shape index (κ3) is 3.95. The molecule has 3 rings (SSSR count). The van der Waals surface area contributed by atoms with Gasteiger partial charge in [-0.15, -0.1) is 0 Å². The Hall–Kier alpha value is -2.22. The van der Waals surface area contributed by atoms with Gasteiger partial charge >= 0.3 is 0 Å². The molecule has 1 saturated heterocycles. The number of piperazine rings is 1. The van der Waals surface area contributed by atoms with Crippen LogP contribution in [0, 0.1) is 12.7 Å². The maximum absolute atomic E-state index is 12.8. The number of carbonyl (C=O) groups excluding carboxylic acids is 1. The molecular formula is C15H17FN4O2S. The summed E-state index contributed by atoms with van der Waals surface area (Å²) in [4.78, 5) is 20.4. The predicted molar refractivity (Wildman–Crippen MR) is 85.3 cm³/mol. The van der Waals surface area contributed by atoms with Gasteiger partial charge in [-0.25, -0.2) is 9.37 Å². The van der Waals surface area contributed by atoms with E-state index in [1.165, 1.54) is 35.8 Å². The van der Waals surface area contributed by atoms with Crippen LogP contribution < -0.4 is 9.64 Å². The van der Waals surface area contributed by atoms with E-state index in [-0.39, 0.29) is 18.3 Å². The zero-order valence-corrected chi connectivity index (χ0v) is 13.6. The number of aromatic nitrogens is 2. The van der Waals surface area contributed by atoms with Gasteiger partial charge < -0.3 is 14.5 Å². The van der Waals surface area contributed by atoms with Crippen molar-refractivity contribution in [1.29, 1.82) is 0 Å². The van der Waals surface area contributed by atoms with Crippen LogP contribution in [0.15, 0.2) is 24.3 Å². The van der Waals surface area contributed by atoms with E-state index in [9.17, 15) is 9.18 Å². The van der Waals surface area contributed by atoms with Crippen molar-refractivity contribution in [2.24, 2.45) is 0 Å². The number of carbonyl (C=O) groups is 1. The van der Waals surface area contributed by atoms with Gasteiger partial charge in [0, 0.05) is 37.7 Å². The van der Waals surface area contributed by atoms with Crippen LogP contribution in [-0.2, 0) is 4.79 Å². The first kappa shape index (κ1) is 15.7. The zero-order chi connectivity index (χ0) is 16.2. The zero-order valence-electron chi connectivity index (χ0n) is 12.7. The van der Waals surface area contributed by atoms with Crippen LogP contribution in [0.4, 0.5) is 9.52 Å². The number of anilines is 1. The molecule has 1 aromatic carbocycles. The number of hydrogen-bond donors (Lipinski definition) is 0. The molecule has 1 amide bonds. The highest BCUT2D eigenvalue weighted by atomic mass is 32.1. The number of halogens is 1. The average molecular weight is 336 g/mol. The summed E-state index contributed by atoms with van der Waals surface area (Å²) in [6, 6.07) is 5.64. The van der Waals surface area contributed by atoms with Crippen LogP contribution in [0.25, 0.3) is 0 Å². The molecule has 2 aromatic rings. The van der Waals surface area contributed by atoms with E-state index in [4.69, 9.17) is 4.74 Å². The molecule has 1 fully saturated rings. The van der Waals surface area contributed by atoms with Crippen molar-refractivity contribution in [1.82, 2.24) is 14.3 Å². The molecule has 0 bridgehead atoms. The summed E-state index contributed by atoms with van der Waals surface area (Å²) < 4.78 is 22.4. The average Bonchev–Trinajstić information content (AvgIpc) is 3.01. The number of amides is 1. The summed E-state index contributed by atoms with van der Waals surface area (Å²) in [6.07, 6.45) is 0. The van der Waals surface area contributed by atoms with Crippen molar-refractivity contribution < 1.29 is 13.9 Å². The van der Waals surface area contributed by atoms with Gasteiger partial charge in [0.1, 0.15) is 17.4 Å². The molecule has 23 heavy (non-hydrogen) atoms. The Balaban J connectivity index is 1.47. The van der Waals surface area contributed by atoms with Crippen molar-refractivity contribution in [3.8, 4) is 5.75 Å². The van der Waals surface area contributed by atoms with Crippen LogP contribution in [0.5, 0.6) is 5.75 Å². The van der Waals surface area contributed by atoms with Gasteiger partial charge in [-0.2, -0.15) is 4.37 Å². The van der Waals surface area contributed by atoms with E-state index in [0.29, 0.717) is 18.8 Å². The lowest BCUT2D eigenvalue weighted by Gasteiger charge is -2.34. The number of hydrogen-bond acceptors (Lipinski definition) is 6. The second-order valence-corrected chi connectivity index (χ2v) is 5.96. The van der Waals surface area contributed by atoms with Crippen LogP contribution in [-0.4, -0.2) is 53.0 Å². The lowest BCUT2D eigenvalue weighted by molar-refractivity contribution is -0.133. The fourth-order valence-electron chi connectivity index (χ4n) is 2.33. The van der Waals surface area contributed by atoms with E-state index < -0.39 is 0 Å². The Morgan fingerprint density at radius 2 is 1.96 bits per heavy atom. The first-order valence-electron chi connectivity index (χ1n) is 7.33. The van der Waals surface area contributed by atoms with Crippen molar-refractivity contribution in [2.75, 3.05) is 37.7 Å². The Labute approximate surface area is 137 Å². The minimum atomic E-state index is -0.327. The summed E-state index contributed by atoms with van der Waals surface area (Å²) in [5.74, 6) is 0.869. The van der Waals surface area contributed by atoms with Gasteiger partial charge in [0.2, 0.25) is 5.13 Å². The smallest absolute Gasteiger partial charge is 0.260 e. The SMILES string of the molecule is Cc1nsc(N2CCN(C(=O)COc3ccc(F)cc3)CC2)n1. The number of rotatable bonds is 4. The number of ether oxygens (including phenoxy) is 1. The molecule has 1 aliphatic heterocycles. The quantitative estimate of drug-likeness (QED) is 0.851. The van der Waals surface area contributed by atoms with Crippen molar-refractivity contribution in [2.45, 2.75) is 6.92 Å². The molecule has 0 saturated carbocycles. The van der Waals surface area contributed by atoms with Crippen LogP contribution in [0.2, 0.25) is 0 Å². The van der Waals surface area contributed by atoms with Crippen molar-refractivity contribution >= 4 is 22.6 Å². The summed E-state index contributed by atoms with van der Waals surface area (Å²) in [7, 11) is 0. The van der Waals surface area contributed by atoms with E-state index in [2.05, 4.69) is 14.3 Å². The third-order valence-corrected chi connectivity index (χ3v) is 4.46. The molecule has 1 aliphatic rings. The predicted octanol–water partition coefficient (Wildman–Crippen LogP) is 1.71. The molecule has 6 nitrogen and oxygen atoms in total. The normalized spacial score (nSPS) is 14.9. The minimum absolute atomic E-state index is 0.0381. The van der Waals surface area contributed by atoms with E-state index in [1.807, 2.05) is 6.92 Å². The van der Waals surface area contributed by atoms with Gasteiger partial charge in [-0.1, -0.05) is 0 Å². The van der Waals surface area contributed by atoms with Gasteiger partial charge in [0.25, 0.3) is 5.91 Å². The van der Waals surface area contributed by atoms with Crippen LogP contribution >= 0.6 is 11.5 Å². The topological polar surface area (TPSA) is 58.6 Å². The summed E-state index contributed by atoms with van der Waals surface area (Å²) in [6.45, 7) is 4.55. The fraction of sp³-hybridized carbons (Fsp3) is 0.400. The van der Waals surface area contributed by atoms with Crippen LogP contribution in [0.3, 0.4) is 0 Å². The molecule has 1 aromatic heterocycles. The second kappa shape index (κ2) is 6.91. The van der Waals surface area contributed by atoms with Crippen molar-refractivity contribution in [3.05, 3.63) is 35.9 Å². The largest absolute Gasteiger partial charge is 0.484 e. The number of nitrogens with zero attached hydrogens (tertiary/aromatic N) is 4. The van der Waals surface area contributed by atoms with Gasteiger partial charge in [0.05, 0.1) is 0 Å². The maximum atomic E-state index is 12.8. The molecule has 0 unspecified atom stereocenters. The summed E-state index contributed by atoms with van der Waals surface area (Å²) >= 11 is 1.38. The molecule has 122 valence electrons. The van der Waals surface area contributed by atoms with Gasteiger partial charge in [-0.3, -0.25) is 4.79 Å². The van der Waals surface area contributed by atoms with E-state index >= 15 is 0 Å². The fourth-order valence-corrected chi connectivity index (χ4v) is 3.05. The highest BCUT2D eigenvalue weighted by molar-refractivity contribution is 7.09. The second-order valence-electron chi connectivity index (χ2n) is 5.23. The molecule has 2 heterocycles. The Morgan fingerprint density at radius 1 is 1.26 bits per heavy atom. The van der Waals surface area contributed by atoms with Gasteiger partial charge in [-0.05, 0) is 31.2 Å². The number of aryl methyl sites for hydroxylation is 1. The highest BCUT2D eigenvalue weighted by Gasteiger charge is 2.23. The molecule has 0 aliphatic carbocycles. The molecule has 0 atom stereocenters. The number of benzene rings is 1. The molecule has 0 N–H and O–H groups in total. The monoisotopic (exact) mass is 336 g/mol. The standard InChI is InChI=1S/C15H17FN4O2S/c1-11-17-15(23-18-11)20-8-6-19(7-9-20)14(21)10-22-13-4-2-12(16)3-5-13/h2-5H,6-10H2,1H3. The third-order valence-electron chi connectivity index (χ3n) is 3.60. The molecule has 0 spiro atoms. The van der Waals surface area contributed by atoms with E-state index in [1.54, 1.807) is 4.90 Å². The van der Waals surface area contributed by atoms with E-state index in [0.717, 1.165) is 24.0 Å². The minimum Gasteiger partial charge on any atom is -0.484 e. The van der Waals surface area contributed by atoms with Crippen molar-refractivity contribution in [3.63, 3.8) is 0 Å². The maximum Gasteiger partial charge on any atom is 0.260 e. The lowest BCUT2D eigenvalue weighted by Crippen LogP contribution is -2.50.